The summed E-state index contributed by atoms with van der Waals surface area (Å²) in [5, 5.41) is 14.5. The van der Waals surface area contributed by atoms with Crippen molar-refractivity contribution in [3.05, 3.63) is 64.1 Å². The zero-order valence-electron chi connectivity index (χ0n) is 13.2. The Labute approximate surface area is 137 Å². The Morgan fingerprint density at radius 2 is 2.12 bits per heavy atom. The van der Waals surface area contributed by atoms with Gasteiger partial charge in [-0.3, -0.25) is 19.7 Å². The van der Waals surface area contributed by atoms with E-state index in [9.17, 15) is 10.1 Å². The van der Waals surface area contributed by atoms with Crippen LogP contribution < -0.4 is 5.32 Å². The molecule has 0 bridgehead atoms. The van der Waals surface area contributed by atoms with Gasteiger partial charge in [-0.1, -0.05) is 6.07 Å². The van der Waals surface area contributed by atoms with Gasteiger partial charge < -0.3 is 5.32 Å². The van der Waals surface area contributed by atoms with E-state index in [-0.39, 0.29) is 17.2 Å². The molecule has 0 spiro atoms. The van der Waals surface area contributed by atoms with Gasteiger partial charge in [0.15, 0.2) is 0 Å². The highest BCUT2D eigenvalue weighted by molar-refractivity contribution is 5.54. The molecule has 1 N–H and O–H groups in total. The maximum Gasteiger partial charge on any atom is 0.333 e. The lowest BCUT2D eigenvalue weighted by atomic mass is 10.3. The summed E-state index contributed by atoms with van der Waals surface area (Å²) in [6, 6.07) is 3.75. The second-order valence-corrected chi connectivity index (χ2v) is 5.12. The van der Waals surface area contributed by atoms with Gasteiger partial charge in [-0.05, 0) is 25.5 Å². The lowest BCUT2D eigenvalue weighted by molar-refractivity contribution is -0.385. The Hall–Kier alpha value is -3.36. The molecular weight excluding hydrogens is 310 g/mol. The van der Waals surface area contributed by atoms with Gasteiger partial charge in [-0.15, -0.1) is 0 Å². The van der Waals surface area contributed by atoms with Crippen molar-refractivity contribution in [2.75, 3.05) is 5.32 Å². The zero-order chi connectivity index (χ0) is 17.1. The summed E-state index contributed by atoms with van der Waals surface area (Å²) < 4.78 is 1.57. The van der Waals surface area contributed by atoms with Crippen LogP contribution in [0, 0.1) is 24.0 Å². The van der Waals surface area contributed by atoms with Crippen LogP contribution in [-0.2, 0) is 6.54 Å². The first-order chi connectivity index (χ1) is 11.6. The molecule has 0 saturated heterocycles. The van der Waals surface area contributed by atoms with Gasteiger partial charge in [0.2, 0.25) is 11.8 Å². The van der Waals surface area contributed by atoms with Gasteiger partial charge in [-0.25, -0.2) is 9.97 Å². The highest BCUT2D eigenvalue weighted by atomic mass is 16.6. The number of pyridine rings is 1. The van der Waals surface area contributed by atoms with Crippen LogP contribution >= 0.6 is 0 Å². The third-order valence-corrected chi connectivity index (χ3v) is 3.45. The Morgan fingerprint density at radius 1 is 1.29 bits per heavy atom. The van der Waals surface area contributed by atoms with Gasteiger partial charge >= 0.3 is 5.69 Å². The predicted octanol–water partition coefficient (Wildman–Crippen LogP) is 2.19. The first kappa shape index (κ1) is 15.5. The topological polar surface area (TPSA) is 112 Å². The molecule has 0 aliphatic heterocycles. The first-order valence-electron chi connectivity index (χ1n) is 7.22. The molecule has 0 aromatic carbocycles. The molecule has 0 aliphatic carbocycles. The van der Waals surface area contributed by atoms with Gasteiger partial charge in [0, 0.05) is 31.3 Å². The number of nitro groups is 1. The normalized spacial score (nSPS) is 10.6. The smallest absolute Gasteiger partial charge is 0.333 e. The monoisotopic (exact) mass is 325 g/mol. The molecular formula is C15H15N7O2. The molecule has 122 valence electrons. The first-order valence-corrected chi connectivity index (χ1v) is 7.22. The molecule has 3 heterocycles. The molecule has 24 heavy (non-hydrogen) atoms. The fourth-order valence-electron chi connectivity index (χ4n) is 2.30. The summed E-state index contributed by atoms with van der Waals surface area (Å²) in [5.41, 5.74) is 1.10. The van der Waals surface area contributed by atoms with E-state index in [1.807, 2.05) is 12.1 Å². The molecule has 3 rings (SSSR count). The van der Waals surface area contributed by atoms with Crippen molar-refractivity contribution >= 4 is 11.6 Å². The van der Waals surface area contributed by atoms with E-state index in [0.717, 1.165) is 5.56 Å². The molecule has 0 aliphatic rings. The van der Waals surface area contributed by atoms with E-state index in [1.54, 1.807) is 43.2 Å². The number of aryl methyl sites for hydroxylation is 2. The molecule has 0 radical (unpaired) electrons. The van der Waals surface area contributed by atoms with Crippen LogP contribution in [-0.4, -0.2) is 29.4 Å². The van der Waals surface area contributed by atoms with Crippen molar-refractivity contribution in [1.29, 1.82) is 0 Å². The summed E-state index contributed by atoms with van der Waals surface area (Å²) in [6.45, 7) is 3.81. The summed E-state index contributed by atoms with van der Waals surface area (Å²) >= 11 is 0. The second-order valence-electron chi connectivity index (χ2n) is 5.12. The van der Waals surface area contributed by atoms with Crippen molar-refractivity contribution in [1.82, 2.24) is 24.5 Å². The van der Waals surface area contributed by atoms with E-state index < -0.39 is 4.92 Å². The van der Waals surface area contributed by atoms with Crippen molar-refractivity contribution in [2.24, 2.45) is 0 Å². The lowest BCUT2D eigenvalue weighted by Crippen LogP contribution is -2.11. The Balaban J connectivity index is 1.99. The van der Waals surface area contributed by atoms with E-state index >= 15 is 0 Å². The molecule has 9 nitrogen and oxygen atoms in total. The summed E-state index contributed by atoms with van der Waals surface area (Å²) in [5.74, 6) is 1.11. The average Bonchev–Trinajstić information content (AvgIpc) is 2.99. The number of anilines is 1. The standard InChI is InChI=1S/C15H15N7O2/c1-10-13(22(23)24)14(21-7-6-17-11(21)2)20-15(19-10)18-9-12-4-3-5-16-8-12/h3-8H,9H2,1-2H3,(H,18,19,20). The van der Waals surface area contributed by atoms with Crippen molar-refractivity contribution in [3.63, 3.8) is 0 Å². The fourth-order valence-corrected chi connectivity index (χ4v) is 2.30. The summed E-state index contributed by atoms with van der Waals surface area (Å²) in [4.78, 5) is 27.6. The van der Waals surface area contributed by atoms with E-state index in [0.29, 0.717) is 18.3 Å². The number of aromatic nitrogens is 5. The minimum atomic E-state index is -0.477. The minimum absolute atomic E-state index is 0.136. The number of hydrogen-bond acceptors (Lipinski definition) is 7. The second kappa shape index (κ2) is 6.41. The Kier molecular flexibility index (Phi) is 4.15. The quantitative estimate of drug-likeness (QED) is 0.565. The highest BCUT2D eigenvalue weighted by Crippen LogP contribution is 2.26. The summed E-state index contributed by atoms with van der Waals surface area (Å²) in [7, 11) is 0. The van der Waals surface area contributed by atoms with E-state index in [4.69, 9.17) is 0 Å². The van der Waals surface area contributed by atoms with Crippen LogP contribution in [0.1, 0.15) is 17.1 Å². The van der Waals surface area contributed by atoms with Crippen molar-refractivity contribution in [2.45, 2.75) is 20.4 Å². The Bertz CT molecular complexity index is 877. The predicted molar refractivity (Wildman–Crippen MR) is 86.8 cm³/mol. The van der Waals surface area contributed by atoms with Gasteiger partial charge in [0.05, 0.1) is 4.92 Å². The Morgan fingerprint density at radius 3 is 2.75 bits per heavy atom. The molecule has 0 fully saturated rings. The van der Waals surface area contributed by atoms with Crippen LogP contribution in [0.25, 0.3) is 5.82 Å². The lowest BCUT2D eigenvalue weighted by Gasteiger charge is -2.10. The number of rotatable bonds is 5. The van der Waals surface area contributed by atoms with Crippen molar-refractivity contribution in [3.8, 4) is 5.82 Å². The SMILES string of the molecule is Cc1nc(NCc2cccnc2)nc(-n2ccnc2C)c1[N+](=O)[O-]. The maximum atomic E-state index is 11.4. The molecule has 9 heteroatoms. The van der Waals surface area contributed by atoms with Crippen LogP contribution in [0.2, 0.25) is 0 Å². The van der Waals surface area contributed by atoms with Crippen LogP contribution in [0.4, 0.5) is 11.6 Å². The highest BCUT2D eigenvalue weighted by Gasteiger charge is 2.24. The molecule has 0 saturated carbocycles. The third-order valence-electron chi connectivity index (χ3n) is 3.45. The minimum Gasteiger partial charge on any atom is -0.350 e. The zero-order valence-corrected chi connectivity index (χ0v) is 13.2. The number of nitrogens with zero attached hydrogens (tertiary/aromatic N) is 6. The van der Waals surface area contributed by atoms with Crippen LogP contribution in [0.3, 0.4) is 0 Å². The summed E-state index contributed by atoms with van der Waals surface area (Å²) in [6.07, 6.45) is 6.62. The number of nitrogens with one attached hydrogen (secondary N) is 1. The van der Waals surface area contributed by atoms with Crippen molar-refractivity contribution < 1.29 is 4.92 Å². The molecule has 0 atom stereocenters. The molecule has 3 aromatic heterocycles. The maximum absolute atomic E-state index is 11.4. The van der Waals surface area contributed by atoms with Gasteiger partial charge in [0.1, 0.15) is 11.5 Å². The molecule has 0 amide bonds. The largest absolute Gasteiger partial charge is 0.350 e. The molecule has 3 aromatic rings. The van der Waals surface area contributed by atoms with Crippen LogP contribution in [0.15, 0.2) is 36.9 Å². The van der Waals surface area contributed by atoms with E-state index in [1.165, 1.54) is 0 Å². The van der Waals surface area contributed by atoms with Crippen LogP contribution in [0.5, 0.6) is 0 Å². The number of imidazole rings is 1. The van der Waals surface area contributed by atoms with Gasteiger partial charge in [-0.2, -0.15) is 4.98 Å². The van der Waals surface area contributed by atoms with E-state index in [2.05, 4.69) is 25.3 Å². The molecule has 0 unspecified atom stereocenters. The fraction of sp³-hybridized carbons (Fsp3) is 0.200. The number of hydrogen-bond donors (Lipinski definition) is 1. The third kappa shape index (κ3) is 3.05. The van der Waals surface area contributed by atoms with Gasteiger partial charge in [0.25, 0.3) is 0 Å². The average molecular weight is 325 g/mol.